The SMILES string of the molecule is CCOC(=O)C1CCCN(C(=O)C(=O)Nc2cccc3c(O)cccc23)C1. The molecule has 0 bridgehead atoms. The molecule has 0 radical (unpaired) electrons. The molecule has 142 valence electrons. The van der Waals surface area contributed by atoms with Crippen molar-refractivity contribution >= 4 is 34.2 Å². The summed E-state index contributed by atoms with van der Waals surface area (Å²) in [5, 5.41) is 13.8. The van der Waals surface area contributed by atoms with Crippen LogP contribution < -0.4 is 5.32 Å². The number of carbonyl (C=O) groups excluding carboxylic acids is 3. The highest BCUT2D eigenvalue weighted by molar-refractivity contribution is 6.40. The van der Waals surface area contributed by atoms with Crippen molar-refractivity contribution in [1.29, 1.82) is 0 Å². The molecule has 1 aliphatic heterocycles. The van der Waals surface area contributed by atoms with E-state index in [1.165, 1.54) is 4.90 Å². The first-order valence-corrected chi connectivity index (χ1v) is 8.99. The smallest absolute Gasteiger partial charge is 0.313 e. The second-order valence-electron chi connectivity index (χ2n) is 6.47. The number of phenolic OH excluding ortho intramolecular Hbond substituents is 1. The van der Waals surface area contributed by atoms with Gasteiger partial charge < -0.3 is 20.1 Å². The zero-order valence-electron chi connectivity index (χ0n) is 15.1. The fourth-order valence-electron chi connectivity index (χ4n) is 3.34. The van der Waals surface area contributed by atoms with Crippen molar-refractivity contribution in [3.63, 3.8) is 0 Å². The van der Waals surface area contributed by atoms with Gasteiger partial charge in [0.05, 0.1) is 12.5 Å². The lowest BCUT2D eigenvalue weighted by atomic mass is 9.98. The molecule has 0 aromatic heterocycles. The number of fused-ring (bicyclic) bond motifs is 1. The van der Waals surface area contributed by atoms with Gasteiger partial charge in [-0.2, -0.15) is 0 Å². The molecule has 27 heavy (non-hydrogen) atoms. The fraction of sp³-hybridized carbons (Fsp3) is 0.350. The van der Waals surface area contributed by atoms with Crippen molar-refractivity contribution in [3.8, 4) is 5.75 Å². The Balaban J connectivity index is 1.72. The van der Waals surface area contributed by atoms with Crippen LogP contribution in [0.1, 0.15) is 19.8 Å². The highest BCUT2D eigenvalue weighted by Crippen LogP contribution is 2.29. The Kier molecular flexibility index (Phi) is 5.59. The Morgan fingerprint density at radius 1 is 1.19 bits per heavy atom. The molecule has 2 amide bonds. The van der Waals surface area contributed by atoms with Gasteiger partial charge in [0.15, 0.2) is 0 Å². The van der Waals surface area contributed by atoms with Gasteiger partial charge in [-0.1, -0.05) is 24.3 Å². The zero-order chi connectivity index (χ0) is 19.4. The van der Waals surface area contributed by atoms with Crippen LogP contribution in [0, 0.1) is 5.92 Å². The predicted octanol–water partition coefficient (Wildman–Crippen LogP) is 2.29. The number of rotatable bonds is 3. The van der Waals surface area contributed by atoms with E-state index in [0.717, 1.165) is 0 Å². The van der Waals surface area contributed by atoms with Crippen LogP contribution in [0.15, 0.2) is 36.4 Å². The Morgan fingerprint density at radius 3 is 2.70 bits per heavy atom. The highest BCUT2D eigenvalue weighted by atomic mass is 16.5. The third-order valence-electron chi connectivity index (χ3n) is 4.67. The van der Waals surface area contributed by atoms with Crippen LogP contribution in [0.5, 0.6) is 5.75 Å². The summed E-state index contributed by atoms with van der Waals surface area (Å²) in [4.78, 5) is 38.3. The lowest BCUT2D eigenvalue weighted by molar-refractivity contribution is -0.153. The molecule has 1 atom stereocenters. The van der Waals surface area contributed by atoms with Crippen LogP contribution in [0.3, 0.4) is 0 Å². The standard InChI is InChI=1S/C20H22N2O5/c1-2-27-20(26)13-6-5-11-22(12-13)19(25)18(24)21-16-9-3-8-15-14(16)7-4-10-17(15)23/h3-4,7-10,13,23H,2,5-6,11-12H2,1H3,(H,21,24). The van der Waals surface area contributed by atoms with Gasteiger partial charge in [-0.05, 0) is 31.9 Å². The molecular formula is C20H22N2O5. The number of anilines is 1. The maximum atomic E-state index is 12.5. The number of nitrogens with one attached hydrogen (secondary N) is 1. The Morgan fingerprint density at radius 2 is 1.93 bits per heavy atom. The number of nitrogens with zero attached hydrogens (tertiary/aromatic N) is 1. The quantitative estimate of drug-likeness (QED) is 0.638. The first-order valence-electron chi connectivity index (χ1n) is 8.99. The number of carbonyl (C=O) groups is 3. The van der Waals surface area contributed by atoms with Crippen LogP contribution in [-0.2, 0) is 19.1 Å². The third-order valence-corrected chi connectivity index (χ3v) is 4.67. The molecule has 1 unspecified atom stereocenters. The third kappa shape index (κ3) is 4.02. The largest absolute Gasteiger partial charge is 0.507 e. The Hall–Kier alpha value is -3.09. The number of aromatic hydroxyl groups is 1. The molecule has 7 heteroatoms. The van der Waals surface area contributed by atoms with Gasteiger partial charge in [-0.3, -0.25) is 14.4 Å². The highest BCUT2D eigenvalue weighted by Gasteiger charge is 2.32. The van der Waals surface area contributed by atoms with Crippen LogP contribution in [0.4, 0.5) is 5.69 Å². The minimum absolute atomic E-state index is 0.100. The number of esters is 1. The first kappa shape index (κ1) is 18.7. The summed E-state index contributed by atoms with van der Waals surface area (Å²) in [6.45, 7) is 2.64. The first-order chi connectivity index (χ1) is 13.0. The molecule has 7 nitrogen and oxygen atoms in total. The van der Waals surface area contributed by atoms with Gasteiger partial charge in [-0.15, -0.1) is 0 Å². The molecule has 3 rings (SSSR count). The second-order valence-corrected chi connectivity index (χ2v) is 6.47. The van der Waals surface area contributed by atoms with Crippen molar-refractivity contribution in [3.05, 3.63) is 36.4 Å². The predicted molar refractivity (Wildman–Crippen MR) is 100 cm³/mol. The summed E-state index contributed by atoms with van der Waals surface area (Å²) < 4.78 is 5.02. The van der Waals surface area contributed by atoms with Gasteiger partial charge in [0, 0.05) is 29.5 Å². The van der Waals surface area contributed by atoms with Crippen molar-refractivity contribution < 1.29 is 24.2 Å². The molecule has 2 aromatic rings. The number of likely N-dealkylation sites (tertiary alicyclic amines) is 1. The summed E-state index contributed by atoms with van der Waals surface area (Å²) >= 11 is 0. The zero-order valence-corrected chi connectivity index (χ0v) is 15.1. The Bertz CT molecular complexity index is 880. The summed E-state index contributed by atoms with van der Waals surface area (Å²) in [5.41, 5.74) is 0.445. The van der Waals surface area contributed by atoms with E-state index >= 15 is 0 Å². The molecule has 2 aromatic carbocycles. The number of hydrogen-bond donors (Lipinski definition) is 2. The second kappa shape index (κ2) is 8.07. The number of ether oxygens (including phenoxy) is 1. The number of amides is 2. The van der Waals surface area contributed by atoms with E-state index in [9.17, 15) is 19.5 Å². The van der Waals surface area contributed by atoms with E-state index in [1.807, 2.05) is 0 Å². The topological polar surface area (TPSA) is 95.9 Å². The van der Waals surface area contributed by atoms with Gasteiger partial charge in [0.25, 0.3) is 0 Å². The van der Waals surface area contributed by atoms with E-state index in [0.29, 0.717) is 35.8 Å². The lowest BCUT2D eigenvalue weighted by Crippen LogP contribution is -2.47. The summed E-state index contributed by atoms with van der Waals surface area (Å²) in [7, 11) is 0. The van der Waals surface area contributed by atoms with Crippen LogP contribution >= 0.6 is 0 Å². The average Bonchev–Trinajstić information content (AvgIpc) is 2.68. The van der Waals surface area contributed by atoms with Crippen LogP contribution in [-0.4, -0.2) is 47.5 Å². The molecule has 0 saturated carbocycles. The number of piperidine rings is 1. The van der Waals surface area contributed by atoms with Crippen LogP contribution in [0.25, 0.3) is 10.8 Å². The average molecular weight is 370 g/mol. The number of phenols is 1. The van der Waals surface area contributed by atoms with E-state index in [1.54, 1.807) is 43.3 Å². The summed E-state index contributed by atoms with van der Waals surface area (Å²) in [6.07, 6.45) is 1.29. The molecule has 1 aliphatic rings. The van der Waals surface area contributed by atoms with Crippen molar-refractivity contribution in [1.82, 2.24) is 4.90 Å². The molecule has 0 aliphatic carbocycles. The Labute approximate surface area is 156 Å². The van der Waals surface area contributed by atoms with E-state index in [2.05, 4.69) is 5.32 Å². The van der Waals surface area contributed by atoms with Gasteiger partial charge >= 0.3 is 17.8 Å². The maximum Gasteiger partial charge on any atom is 0.313 e. The van der Waals surface area contributed by atoms with Crippen LogP contribution in [0.2, 0.25) is 0 Å². The number of benzene rings is 2. The molecule has 1 fully saturated rings. The fourth-order valence-corrected chi connectivity index (χ4v) is 3.34. The molecule has 1 saturated heterocycles. The molecule has 1 heterocycles. The normalized spacial score (nSPS) is 16.8. The van der Waals surface area contributed by atoms with E-state index in [4.69, 9.17) is 4.74 Å². The minimum Gasteiger partial charge on any atom is -0.507 e. The lowest BCUT2D eigenvalue weighted by Gasteiger charge is -2.31. The minimum atomic E-state index is -0.768. The van der Waals surface area contributed by atoms with Gasteiger partial charge in [-0.25, -0.2) is 0 Å². The molecule has 0 spiro atoms. The summed E-state index contributed by atoms with van der Waals surface area (Å²) in [6, 6.07) is 10.1. The monoisotopic (exact) mass is 370 g/mol. The van der Waals surface area contributed by atoms with Crippen molar-refractivity contribution in [2.45, 2.75) is 19.8 Å². The maximum absolute atomic E-state index is 12.5. The molecular weight excluding hydrogens is 348 g/mol. The van der Waals surface area contributed by atoms with Gasteiger partial charge in [0.1, 0.15) is 5.75 Å². The van der Waals surface area contributed by atoms with Gasteiger partial charge in [0.2, 0.25) is 0 Å². The van der Waals surface area contributed by atoms with E-state index in [-0.39, 0.29) is 24.9 Å². The van der Waals surface area contributed by atoms with E-state index < -0.39 is 17.7 Å². The molecule has 2 N–H and O–H groups in total. The van der Waals surface area contributed by atoms with Crippen molar-refractivity contribution in [2.75, 3.05) is 25.0 Å². The number of hydrogen-bond acceptors (Lipinski definition) is 5. The van der Waals surface area contributed by atoms with Crippen molar-refractivity contribution in [2.24, 2.45) is 5.92 Å². The summed E-state index contributed by atoms with van der Waals surface area (Å²) in [5.74, 6) is -2.08.